The van der Waals surface area contributed by atoms with Gasteiger partial charge in [0.05, 0.1) is 5.69 Å². The van der Waals surface area contributed by atoms with Gasteiger partial charge in [0.1, 0.15) is 0 Å². The summed E-state index contributed by atoms with van der Waals surface area (Å²) in [6.07, 6.45) is 3.31. The maximum Gasteiger partial charge on any atom is 0.230 e. The molecule has 1 aromatic carbocycles. The van der Waals surface area contributed by atoms with Crippen molar-refractivity contribution in [1.82, 2.24) is 0 Å². The highest BCUT2D eigenvalue weighted by atomic mass is 32.2. The molecule has 1 fully saturated rings. The van der Waals surface area contributed by atoms with E-state index in [9.17, 15) is 4.79 Å². The fourth-order valence-corrected chi connectivity index (χ4v) is 3.31. The molecule has 0 saturated heterocycles. The standard InChI is InChI=1S/C13H16N2OS/c14-10-4-5-12-11(8-10)15(6-7-17-12)13(16)9-2-1-3-9/h4-5,8-9H,1-3,6-7,14H2. The first-order chi connectivity index (χ1) is 8.25. The highest BCUT2D eigenvalue weighted by molar-refractivity contribution is 7.99. The van der Waals surface area contributed by atoms with Gasteiger partial charge in [0.2, 0.25) is 5.91 Å². The monoisotopic (exact) mass is 248 g/mol. The summed E-state index contributed by atoms with van der Waals surface area (Å²) in [7, 11) is 0. The molecule has 0 atom stereocenters. The first-order valence-electron chi connectivity index (χ1n) is 6.09. The van der Waals surface area contributed by atoms with Crippen LogP contribution in [0.25, 0.3) is 0 Å². The Balaban J connectivity index is 1.92. The fraction of sp³-hybridized carbons (Fsp3) is 0.462. The molecule has 1 heterocycles. The van der Waals surface area contributed by atoms with Crippen LogP contribution in [0.3, 0.4) is 0 Å². The van der Waals surface area contributed by atoms with Crippen LogP contribution in [0.2, 0.25) is 0 Å². The molecule has 0 aromatic heterocycles. The third-order valence-electron chi connectivity index (χ3n) is 3.57. The fourth-order valence-electron chi connectivity index (χ4n) is 2.34. The zero-order valence-corrected chi connectivity index (χ0v) is 10.5. The van der Waals surface area contributed by atoms with Gasteiger partial charge in [-0.1, -0.05) is 6.42 Å². The molecule has 1 aromatic rings. The molecule has 2 N–H and O–H groups in total. The van der Waals surface area contributed by atoms with Gasteiger partial charge < -0.3 is 10.6 Å². The maximum absolute atomic E-state index is 12.3. The molecule has 0 unspecified atom stereocenters. The number of anilines is 2. The molecule has 0 radical (unpaired) electrons. The van der Waals surface area contributed by atoms with Crippen molar-refractivity contribution in [2.45, 2.75) is 24.2 Å². The third kappa shape index (κ3) is 1.90. The van der Waals surface area contributed by atoms with Crippen LogP contribution in [-0.2, 0) is 4.79 Å². The predicted octanol–water partition coefficient (Wildman–Crippen LogP) is 2.51. The Kier molecular flexibility index (Phi) is 2.74. The van der Waals surface area contributed by atoms with Crippen molar-refractivity contribution in [3.8, 4) is 0 Å². The number of thioether (sulfide) groups is 1. The summed E-state index contributed by atoms with van der Waals surface area (Å²) in [5.41, 5.74) is 7.57. The first kappa shape index (κ1) is 11.0. The molecule has 2 aliphatic rings. The van der Waals surface area contributed by atoms with Crippen LogP contribution in [0, 0.1) is 5.92 Å². The van der Waals surface area contributed by atoms with Crippen LogP contribution in [0.5, 0.6) is 0 Å². The zero-order chi connectivity index (χ0) is 11.8. The summed E-state index contributed by atoms with van der Waals surface area (Å²) < 4.78 is 0. The highest BCUT2D eigenvalue weighted by Crippen LogP contribution is 2.38. The Morgan fingerprint density at radius 2 is 2.24 bits per heavy atom. The predicted molar refractivity (Wildman–Crippen MR) is 71.3 cm³/mol. The largest absolute Gasteiger partial charge is 0.399 e. The van der Waals surface area contributed by atoms with Gasteiger partial charge in [-0.25, -0.2) is 0 Å². The number of nitrogens with zero attached hydrogens (tertiary/aromatic N) is 1. The van der Waals surface area contributed by atoms with Crippen molar-refractivity contribution in [2.24, 2.45) is 5.92 Å². The van der Waals surface area contributed by atoms with Gasteiger partial charge in [-0.15, -0.1) is 11.8 Å². The lowest BCUT2D eigenvalue weighted by atomic mass is 9.84. The number of amides is 1. The number of benzene rings is 1. The molecular formula is C13H16N2OS. The molecule has 1 saturated carbocycles. The SMILES string of the molecule is Nc1ccc2c(c1)N(C(=O)C1CCC1)CCS2. The first-order valence-corrected chi connectivity index (χ1v) is 7.08. The average molecular weight is 248 g/mol. The van der Waals surface area contributed by atoms with Crippen LogP contribution >= 0.6 is 11.8 Å². The number of hydrogen-bond acceptors (Lipinski definition) is 3. The van der Waals surface area contributed by atoms with Crippen molar-refractivity contribution >= 4 is 29.0 Å². The number of carbonyl (C=O) groups is 1. The zero-order valence-electron chi connectivity index (χ0n) is 9.69. The minimum Gasteiger partial charge on any atom is -0.399 e. The molecule has 1 amide bonds. The minimum atomic E-state index is 0.257. The summed E-state index contributed by atoms with van der Waals surface area (Å²) in [5, 5.41) is 0. The molecule has 3 rings (SSSR count). The van der Waals surface area contributed by atoms with Crippen molar-refractivity contribution in [3.05, 3.63) is 18.2 Å². The van der Waals surface area contributed by atoms with Gasteiger partial charge in [0.15, 0.2) is 0 Å². The Morgan fingerprint density at radius 3 is 2.94 bits per heavy atom. The van der Waals surface area contributed by atoms with Crippen molar-refractivity contribution in [3.63, 3.8) is 0 Å². The van der Waals surface area contributed by atoms with E-state index < -0.39 is 0 Å². The average Bonchev–Trinajstić information content (AvgIpc) is 2.25. The van der Waals surface area contributed by atoms with E-state index in [1.165, 1.54) is 11.3 Å². The number of nitrogen functional groups attached to an aromatic ring is 1. The van der Waals surface area contributed by atoms with E-state index in [0.29, 0.717) is 5.91 Å². The number of hydrogen-bond donors (Lipinski definition) is 1. The molecule has 90 valence electrons. The lowest BCUT2D eigenvalue weighted by molar-refractivity contribution is -0.124. The lowest BCUT2D eigenvalue weighted by Crippen LogP contribution is -2.41. The summed E-state index contributed by atoms with van der Waals surface area (Å²) in [5.74, 6) is 1.53. The summed E-state index contributed by atoms with van der Waals surface area (Å²) in [4.78, 5) is 15.4. The molecule has 0 spiro atoms. The molecule has 1 aliphatic heterocycles. The van der Waals surface area contributed by atoms with E-state index in [0.717, 1.165) is 36.5 Å². The molecule has 1 aliphatic carbocycles. The van der Waals surface area contributed by atoms with Crippen molar-refractivity contribution in [2.75, 3.05) is 22.9 Å². The second-order valence-electron chi connectivity index (χ2n) is 4.69. The van der Waals surface area contributed by atoms with Gasteiger partial charge in [-0.3, -0.25) is 4.79 Å². The Bertz CT molecular complexity index is 457. The van der Waals surface area contributed by atoms with E-state index >= 15 is 0 Å². The van der Waals surface area contributed by atoms with E-state index in [-0.39, 0.29) is 5.92 Å². The quantitative estimate of drug-likeness (QED) is 0.777. The lowest BCUT2D eigenvalue weighted by Gasteiger charge is -2.35. The van der Waals surface area contributed by atoms with E-state index in [2.05, 4.69) is 0 Å². The normalized spacial score (nSPS) is 19.6. The van der Waals surface area contributed by atoms with E-state index in [4.69, 9.17) is 5.73 Å². The summed E-state index contributed by atoms with van der Waals surface area (Å²) in [6.45, 7) is 0.816. The molecule has 4 heteroatoms. The number of rotatable bonds is 1. The molecule has 0 bridgehead atoms. The van der Waals surface area contributed by atoms with Crippen molar-refractivity contribution in [1.29, 1.82) is 0 Å². The highest BCUT2D eigenvalue weighted by Gasteiger charge is 2.32. The van der Waals surface area contributed by atoms with E-state index in [1.54, 1.807) is 11.8 Å². The number of nitrogens with two attached hydrogens (primary N) is 1. The Morgan fingerprint density at radius 1 is 1.41 bits per heavy atom. The van der Waals surface area contributed by atoms with Crippen LogP contribution in [0.15, 0.2) is 23.1 Å². The van der Waals surface area contributed by atoms with Crippen LogP contribution < -0.4 is 10.6 Å². The van der Waals surface area contributed by atoms with Crippen molar-refractivity contribution < 1.29 is 4.79 Å². The number of carbonyl (C=O) groups excluding carboxylic acids is 1. The van der Waals surface area contributed by atoms with Gasteiger partial charge in [-0.2, -0.15) is 0 Å². The molecular weight excluding hydrogens is 232 g/mol. The Hall–Kier alpha value is -1.16. The van der Waals surface area contributed by atoms with Gasteiger partial charge >= 0.3 is 0 Å². The van der Waals surface area contributed by atoms with E-state index in [1.807, 2.05) is 23.1 Å². The van der Waals surface area contributed by atoms with Gasteiger partial charge in [-0.05, 0) is 31.0 Å². The van der Waals surface area contributed by atoms with Gasteiger partial charge in [0, 0.05) is 28.8 Å². The van der Waals surface area contributed by atoms with Crippen LogP contribution in [0.4, 0.5) is 11.4 Å². The summed E-state index contributed by atoms with van der Waals surface area (Å²) in [6, 6.07) is 5.86. The Labute approximate surface area is 105 Å². The number of fused-ring (bicyclic) bond motifs is 1. The second kappa shape index (κ2) is 4.26. The molecule has 3 nitrogen and oxygen atoms in total. The smallest absolute Gasteiger partial charge is 0.230 e. The third-order valence-corrected chi connectivity index (χ3v) is 4.61. The second-order valence-corrected chi connectivity index (χ2v) is 5.83. The van der Waals surface area contributed by atoms with Crippen LogP contribution in [0.1, 0.15) is 19.3 Å². The summed E-state index contributed by atoms with van der Waals surface area (Å²) >= 11 is 1.81. The molecule has 17 heavy (non-hydrogen) atoms. The minimum absolute atomic E-state index is 0.257. The van der Waals surface area contributed by atoms with Crippen LogP contribution in [-0.4, -0.2) is 18.2 Å². The topological polar surface area (TPSA) is 46.3 Å². The van der Waals surface area contributed by atoms with Gasteiger partial charge in [0.25, 0.3) is 0 Å². The maximum atomic E-state index is 12.3.